The van der Waals surface area contributed by atoms with Crippen LogP contribution in [0.3, 0.4) is 0 Å². The highest BCUT2D eigenvalue weighted by molar-refractivity contribution is 7.92. The van der Waals surface area contributed by atoms with Crippen LogP contribution in [-0.2, 0) is 23.1 Å². The minimum Gasteiger partial charge on any atom is -0.497 e. The molecule has 6 rings (SSSR count). The lowest BCUT2D eigenvalue weighted by molar-refractivity contribution is 0.0951. The molecule has 9 nitrogen and oxygen atoms in total. The Morgan fingerprint density at radius 3 is 2.56 bits per heavy atom. The van der Waals surface area contributed by atoms with Gasteiger partial charge < -0.3 is 19.5 Å². The molecule has 3 heterocycles. The molecule has 1 aromatic heterocycles. The number of nitrogens with zero attached hydrogens (tertiary/aromatic N) is 2. The third kappa shape index (κ3) is 6.11. The number of benzene rings is 3. The summed E-state index contributed by atoms with van der Waals surface area (Å²) in [7, 11) is -2.41. The Morgan fingerprint density at radius 1 is 0.977 bits per heavy atom. The van der Waals surface area contributed by atoms with Crippen LogP contribution in [0.1, 0.15) is 34.0 Å². The van der Waals surface area contributed by atoms with Crippen molar-refractivity contribution in [1.82, 2.24) is 9.88 Å². The molecule has 0 saturated carbocycles. The van der Waals surface area contributed by atoms with Gasteiger partial charge in [-0.3, -0.25) is 14.3 Å². The number of anilines is 2. The number of amides is 1. The first-order valence-corrected chi connectivity index (χ1v) is 15.8. The van der Waals surface area contributed by atoms with Crippen molar-refractivity contribution in [3.8, 4) is 5.75 Å². The summed E-state index contributed by atoms with van der Waals surface area (Å²) in [5.74, 6) is 0.685. The zero-order valence-corrected chi connectivity index (χ0v) is 25.1. The molecule has 1 saturated heterocycles. The number of nitrogens with one attached hydrogen (secondary N) is 2. The van der Waals surface area contributed by atoms with E-state index in [1.165, 1.54) is 24.3 Å². The number of hydrogen-bond donors (Lipinski definition) is 2. The Morgan fingerprint density at radius 2 is 1.77 bits per heavy atom. The Labute approximate surface area is 255 Å². The predicted molar refractivity (Wildman–Crippen MR) is 167 cm³/mol. The predicted octanol–water partition coefficient (Wildman–Crippen LogP) is 4.86. The molecule has 0 radical (unpaired) electrons. The van der Waals surface area contributed by atoms with E-state index in [0.717, 1.165) is 17.7 Å². The number of ether oxygens (including phenoxy) is 1. The molecule has 2 aliphatic rings. The van der Waals surface area contributed by atoms with Crippen LogP contribution in [-0.4, -0.2) is 39.1 Å². The minimum absolute atomic E-state index is 0.00127. The van der Waals surface area contributed by atoms with Crippen molar-refractivity contribution in [1.29, 1.82) is 0 Å². The topological polar surface area (TPSA) is 110 Å². The molecule has 2 aliphatic heterocycles. The first-order valence-electron chi connectivity index (χ1n) is 14.0. The van der Waals surface area contributed by atoms with Gasteiger partial charge in [0.15, 0.2) is 0 Å². The molecule has 1 amide bonds. The summed E-state index contributed by atoms with van der Waals surface area (Å²) in [4.78, 5) is 27.9. The fraction of sp³-hybridized carbons (Fsp3) is 0.250. The molecule has 2 bridgehead atoms. The summed E-state index contributed by atoms with van der Waals surface area (Å²) in [6.45, 7) is 2.14. The first kappa shape index (κ1) is 28.8. The number of halogens is 1. The molecule has 0 aliphatic carbocycles. The Hall–Kier alpha value is -4.28. The molecule has 2 N–H and O–H groups in total. The lowest BCUT2D eigenvalue weighted by Gasteiger charge is -2.44. The van der Waals surface area contributed by atoms with E-state index in [1.54, 1.807) is 37.4 Å². The highest BCUT2D eigenvalue weighted by atomic mass is 35.5. The zero-order chi connectivity index (χ0) is 30.1. The third-order valence-electron chi connectivity index (χ3n) is 8.03. The first-order chi connectivity index (χ1) is 20.7. The van der Waals surface area contributed by atoms with Gasteiger partial charge in [-0.15, -0.1) is 0 Å². The van der Waals surface area contributed by atoms with Crippen LogP contribution in [0, 0.1) is 5.92 Å². The summed E-state index contributed by atoms with van der Waals surface area (Å²) in [6, 6.07) is 23.8. The maximum atomic E-state index is 13.5. The maximum absolute atomic E-state index is 13.5. The van der Waals surface area contributed by atoms with Gasteiger partial charge in [-0.25, -0.2) is 8.42 Å². The van der Waals surface area contributed by atoms with E-state index in [2.05, 4.69) is 14.9 Å². The van der Waals surface area contributed by atoms with Crippen LogP contribution in [0.5, 0.6) is 5.75 Å². The van der Waals surface area contributed by atoms with E-state index in [9.17, 15) is 18.0 Å². The normalized spacial score (nSPS) is 17.6. The number of carbonyl (C=O) groups excluding carboxylic acids is 1. The molecule has 43 heavy (non-hydrogen) atoms. The number of pyridine rings is 1. The second-order valence-electron chi connectivity index (χ2n) is 10.9. The summed E-state index contributed by atoms with van der Waals surface area (Å²) in [6.07, 6.45) is 0.955. The van der Waals surface area contributed by atoms with Crippen molar-refractivity contribution < 1.29 is 17.9 Å². The van der Waals surface area contributed by atoms with E-state index in [0.29, 0.717) is 47.3 Å². The highest BCUT2D eigenvalue weighted by Crippen LogP contribution is 2.40. The van der Waals surface area contributed by atoms with E-state index in [4.69, 9.17) is 16.3 Å². The summed E-state index contributed by atoms with van der Waals surface area (Å²) >= 11 is 5.99. The quantitative estimate of drug-likeness (QED) is 0.292. The third-order valence-corrected chi connectivity index (χ3v) is 9.67. The van der Waals surface area contributed by atoms with Crippen LogP contribution >= 0.6 is 11.6 Å². The van der Waals surface area contributed by atoms with Gasteiger partial charge in [0, 0.05) is 54.4 Å². The second kappa shape index (κ2) is 11.8. The Bertz CT molecular complexity index is 1840. The number of methoxy groups -OCH3 is 1. The van der Waals surface area contributed by atoms with Crippen LogP contribution in [0.4, 0.5) is 11.4 Å². The minimum atomic E-state index is -4.00. The average Bonchev–Trinajstić information content (AvgIpc) is 3.00. The van der Waals surface area contributed by atoms with E-state index in [1.807, 2.05) is 34.9 Å². The van der Waals surface area contributed by atoms with Crippen LogP contribution in [0.2, 0.25) is 5.02 Å². The van der Waals surface area contributed by atoms with Crippen molar-refractivity contribution in [2.45, 2.75) is 30.3 Å². The van der Waals surface area contributed by atoms with E-state index >= 15 is 0 Å². The molecular formula is C32H31ClN4O5S. The number of sulfonamides is 1. The fourth-order valence-corrected chi connectivity index (χ4v) is 7.20. The SMILES string of the molecule is COc1cccc(CNC(=O)c2ccc(N3CC4CC(C3)c3cccc(=O)n3C4)c(NS(=O)(=O)c3ccc(Cl)cc3)c2)c1. The number of rotatable bonds is 8. The fourth-order valence-electron chi connectivity index (χ4n) is 6.01. The van der Waals surface area contributed by atoms with Gasteiger partial charge in [0.2, 0.25) is 0 Å². The van der Waals surface area contributed by atoms with Crippen LogP contribution in [0.25, 0.3) is 0 Å². The van der Waals surface area contributed by atoms with E-state index < -0.39 is 10.0 Å². The van der Waals surface area contributed by atoms with E-state index in [-0.39, 0.29) is 34.7 Å². The summed E-state index contributed by atoms with van der Waals surface area (Å²) in [5.41, 5.74) is 3.14. The van der Waals surface area contributed by atoms with Crippen molar-refractivity contribution >= 4 is 38.9 Å². The maximum Gasteiger partial charge on any atom is 0.261 e. The smallest absolute Gasteiger partial charge is 0.261 e. The van der Waals surface area contributed by atoms with Crippen molar-refractivity contribution in [2.75, 3.05) is 29.8 Å². The average molecular weight is 619 g/mol. The number of fused-ring (bicyclic) bond motifs is 4. The standard InChI is InChI=1S/C32H31ClN4O5S/c1-42-26-5-2-4-21(15-26)17-34-32(39)23-8-13-30(28(16-23)35-43(40,41)27-11-9-25(33)10-12-27)36-18-22-14-24(20-36)29-6-3-7-31(38)37(29)19-22/h2-13,15-16,22,24,35H,14,17-20H2,1H3,(H,34,39). The van der Waals surface area contributed by atoms with Crippen LogP contribution < -0.4 is 25.2 Å². The summed E-state index contributed by atoms with van der Waals surface area (Å²) in [5, 5.41) is 3.33. The largest absolute Gasteiger partial charge is 0.497 e. The number of carbonyl (C=O) groups is 1. The van der Waals surface area contributed by atoms with Gasteiger partial charge in [-0.2, -0.15) is 0 Å². The van der Waals surface area contributed by atoms with Gasteiger partial charge in [-0.1, -0.05) is 29.8 Å². The second-order valence-corrected chi connectivity index (χ2v) is 13.0. The number of piperidine rings is 1. The van der Waals surface area contributed by atoms with Gasteiger partial charge >= 0.3 is 0 Å². The molecule has 4 aromatic rings. The zero-order valence-electron chi connectivity index (χ0n) is 23.5. The van der Waals surface area contributed by atoms with Gasteiger partial charge in [0.25, 0.3) is 21.5 Å². The molecule has 1 fully saturated rings. The monoisotopic (exact) mass is 618 g/mol. The van der Waals surface area contributed by atoms with Crippen molar-refractivity contribution in [3.63, 3.8) is 0 Å². The highest BCUT2D eigenvalue weighted by Gasteiger charge is 2.35. The molecule has 2 atom stereocenters. The van der Waals surface area contributed by atoms with Gasteiger partial charge in [0.05, 0.1) is 23.4 Å². The lowest BCUT2D eigenvalue weighted by Crippen LogP contribution is -2.47. The van der Waals surface area contributed by atoms with Crippen LogP contribution in [0.15, 0.2) is 94.6 Å². The lowest BCUT2D eigenvalue weighted by atomic mass is 9.83. The van der Waals surface area contributed by atoms with Crippen molar-refractivity contribution in [3.05, 3.63) is 117 Å². The molecule has 0 spiro atoms. The summed E-state index contributed by atoms with van der Waals surface area (Å²) < 4.78 is 36.8. The molecule has 222 valence electrons. The molecular weight excluding hydrogens is 588 g/mol. The van der Waals surface area contributed by atoms with Gasteiger partial charge in [0.1, 0.15) is 5.75 Å². The van der Waals surface area contributed by atoms with Gasteiger partial charge in [-0.05, 0) is 78.6 Å². The molecule has 11 heteroatoms. The molecule has 3 aromatic carbocycles. The molecule has 2 unspecified atom stereocenters. The number of aromatic nitrogens is 1. The number of hydrogen-bond acceptors (Lipinski definition) is 6. The Balaban J connectivity index is 1.31. The van der Waals surface area contributed by atoms with Crippen molar-refractivity contribution in [2.24, 2.45) is 5.92 Å². The Kier molecular flexibility index (Phi) is 7.89.